The van der Waals surface area contributed by atoms with E-state index in [2.05, 4.69) is 41.8 Å². The van der Waals surface area contributed by atoms with Gasteiger partial charge < -0.3 is 4.98 Å². The van der Waals surface area contributed by atoms with Gasteiger partial charge in [-0.25, -0.2) is 4.98 Å². The van der Waals surface area contributed by atoms with Gasteiger partial charge in [-0.2, -0.15) is 0 Å². The van der Waals surface area contributed by atoms with Crippen LogP contribution in [0.1, 0.15) is 19.5 Å². The van der Waals surface area contributed by atoms with Crippen molar-refractivity contribution in [2.24, 2.45) is 0 Å². The number of pyridine rings is 1. The Kier molecular flexibility index (Phi) is 3.17. The quantitative estimate of drug-likeness (QED) is 0.890. The summed E-state index contributed by atoms with van der Waals surface area (Å²) < 4.78 is 0. The molecule has 0 unspecified atom stereocenters. The fourth-order valence-corrected chi connectivity index (χ4v) is 1.79. The van der Waals surface area contributed by atoms with E-state index in [0.29, 0.717) is 6.04 Å². The van der Waals surface area contributed by atoms with Crippen molar-refractivity contribution >= 4 is 22.6 Å². The highest BCUT2D eigenvalue weighted by molar-refractivity contribution is 6.35. The minimum absolute atomic E-state index is 0.523. The zero-order chi connectivity index (χ0) is 11.7. The zero-order valence-corrected chi connectivity index (χ0v) is 10.5. The molecular weight excluding hydrogens is 222 g/mol. The number of halogens is 1. The molecule has 0 spiro atoms. The summed E-state index contributed by atoms with van der Waals surface area (Å²) in [6.45, 7) is 5.23. The van der Waals surface area contributed by atoms with Gasteiger partial charge in [-0.05, 0) is 33.0 Å². The van der Waals surface area contributed by atoms with Gasteiger partial charge >= 0.3 is 0 Å². The van der Waals surface area contributed by atoms with E-state index in [9.17, 15) is 0 Å². The first-order valence-corrected chi connectivity index (χ1v) is 5.78. The van der Waals surface area contributed by atoms with Crippen molar-refractivity contribution in [2.45, 2.75) is 26.4 Å². The topological polar surface area (TPSA) is 31.9 Å². The first-order valence-electron chi connectivity index (χ1n) is 5.40. The van der Waals surface area contributed by atoms with Crippen molar-refractivity contribution in [1.82, 2.24) is 14.9 Å². The molecule has 0 aromatic carbocycles. The van der Waals surface area contributed by atoms with Crippen LogP contribution in [0.15, 0.2) is 18.3 Å². The highest BCUT2D eigenvalue weighted by Gasteiger charge is 2.08. The highest BCUT2D eigenvalue weighted by Crippen LogP contribution is 2.22. The second-order valence-electron chi connectivity index (χ2n) is 4.36. The van der Waals surface area contributed by atoms with Crippen LogP contribution < -0.4 is 0 Å². The van der Waals surface area contributed by atoms with Crippen LogP contribution in [0.25, 0.3) is 11.0 Å². The predicted octanol–water partition coefficient (Wildman–Crippen LogP) is 3.06. The third-order valence-electron chi connectivity index (χ3n) is 2.84. The summed E-state index contributed by atoms with van der Waals surface area (Å²) in [5.74, 6) is 0. The van der Waals surface area contributed by atoms with Crippen molar-refractivity contribution in [3.8, 4) is 0 Å². The van der Waals surface area contributed by atoms with Crippen molar-refractivity contribution in [3.63, 3.8) is 0 Å². The number of aromatic nitrogens is 2. The average Bonchev–Trinajstić information content (AvgIpc) is 2.61. The molecule has 3 nitrogen and oxygen atoms in total. The predicted molar refractivity (Wildman–Crippen MR) is 67.7 cm³/mol. The summed E-state index contributed by atoms with van der Waals surface area (Å²) in [5, 5.41) is 1.75. The standard InChI is InChI=1S/C12H16ClN3/c1-8(2)16(3)7-9-6-10-11(13)4-5-14-12(10)15-9/h4-6,8H,7H2,1-3H3,(H,14,15). The van der Waals surface area contributed by atoms with Crippen LogP contribution in [0.3, 0.4) is 0 Å². The smallest absolute Gasteiger partial charge is 0.138 e. The summed E-state index contributed by atoms with van der Waals surface area (Å²) in [7, 11) is 2.10. The number of hydrogen-bond acceptors (Lipinski definition) is 2. The van der Waals surface area contributed by atoms with Gasteiger partial charge in [0.25, 0.3) is 0 Å². The summed E-state index contributed by atoms with van der Waals surface area (Å²) in [4.78, 5) is 9.80. The molecule has 2 aromatic rings. The minimum atomic E-state index is 0.523. The summed E-state index contributed by atoms with van der Waals surface area (Å²) in [6.07, 6.45) is 1.72. The molecule has 0 fully saturated rings. The molecule has 2 heterocycles. The van der Waals surface area contributed by atoms with Crippen molar-refractivity contribution in [2.75, 3.05) is 7.05 Å². The molecule has 0 aliphatic carbocycles. The molecule has 0 bridgehead atoms. The average molecular weight is 238 g/mol. The normalized spacial score (nSPS) is 11.9. The number of aromatic amines is 1. The molecule has 0 atom stereocenters. The number of rotatable bonds is 3. The van der Waals surface area contributed by atoms with E-state index < -0.39 is 0 Å². The molecule has 0 aliphatic heterocycles. The van der Waals surface area contributed by atoms with Gasteiger partial charge in [-0.3, -0.25) is 4.90 Å². The Labute approximate surface area is 100 Å². The fourth-order valence-electron chi connectivity index (χ4n) is 1.59. The molecule has 2 aromatic heterocycles. The van der Waals surface area contributed by atoms with Crippen LogP contribution in [0, 0.1) is 0 Å². The molecule has 86 valence electrons. The molecule has 0 radical (unpaired) electrons. The second-order valence-corrected chi connectivity index (χ2v) is 4.77. The van der Waals surface area contributed by atoms with Crippen LogP contribution in [0.4, 0.5) is 0 Å². The van der Waals surface area contributed by atoms with Crippen molar-refractivity contribution in [3.05, 3.63) is 29.0 Å². The third kappa shape index (κ3) is 2.20. The van der Waals surface area contributed by atoms with Crippen molar-refractivity contribution < 1.29 is 0 Å². The fraction of sp³-hybridized carbons (Fsp3) is 0.417. The lowest BCUT2D eigenvalue weighted by atomic mass is 10.3. The number of nitrogens with one attached hydrogen (secondary N) is 1. The Hall–Kier alpha value is -1.06. The third-order valence-corrected chi connectivity index (χ3v) is 3.17. The Bertz CT molecular complexity index is 490. The van der Waals surface area contributed by atoms with E-state index in [1.165, 1.54) is 0 Å². The molecule has 1 N–H and O–H groups in total. The number of nitrogens with zero attached hydrogens (tertiary/aromatic N) is 2. The Morgan fingerprint density at radius 3 is 2.88 bits per heavy atom. The minimum Gasteiger partial charge on any atom is -0.342 e. The van der Waals surface area contributed by atoms with E-state index in [1.807, 2.05) is 6.07 Å². The van der Waals surface area contributed by atoms with Gasteiger partial charge in [-0.1, -0.05) is 11.6 Å². The van der Waals surface area contributed by atoms with Crippen LogP contribution in [0.2, 0.25) is 5.02 Å². The van der Waals surface area contributed by atoms with Crippen molar-refractivity contribution in [1.29, 1.82) is 0 Å². The van der Waals surface area contributed by atoms with E-state index >= 15 is 0 Å². The van der Waals surface area contributed by atoms with Gasteiger partial charge in [-0.15, -0.1) is 0 Å². The SMILES string of the molecule is CC(C)N(C)Cc1cc2c(Cl)ccnc2[nH]1. The van der Waals surface area contributed by atoms with E-state index in [1.54, 1.807) is 6.20 Å². The number of fused-ring (bicyclic) bond motifs is 1. The van der Waals surface area contributed by atoms with Crippen LogP contribution in [-0.2, 0) is 6.54 Å². The number of hydrogen-bond donors (Lipinski definition) is 1. The van der Waals surface area contributed by atoms with E-state index in [-0.39, 0.29) is 0 Å². The van der Waals surface area contributed by atoms with Crippen LogP contribution in [-0.4, -0.2) is 28.0 Å². The van der Waals surface area contributed by atoms with E-state index in [4.69, 9.17) is 11.6 Å². The monoisotopic (exact) mass is 237 g/mol. The summed E-state index contributed by atoms with van der Waals surface area (Å²) in [6, 6.07) is 4.41. The molecule has 16 heavy (non-hydrogen) atoms. The molecule has 4 heteroatoms. The highest BCUT2D eigenvalue weighted by atomic mass is 35.5. The van der Waals surface area contributed by atoms with Crippen LogP contribution >= 0.6 is 11.6 Å². The zero-order valence-electron chi connectivity index (χ0n) is 9.79. The Morgan fingerprint density at radius 2 is 2.25 bits per heavy atom. The first-order chi connectivity index (χ1) is 7.58. The van der Waals surface area contributed by atoms with Crippen LogP contribution in [0.5, 0.6) is 0 Å². The molecule has 0 saturated heterocycles. The maximum atomic E-state index is 6.10. The number of H-pyrrole nitrogens is 1. The van der Waals surface area contributed by atoms with Gasteiger partial charge in [0.15, 0.2) is 0 Å². The molecule has 0 aliphatic rings. The van der Waals surface area contributed by atoms with Gasteiger partial charge in [0.05, 0.1) is 5.02 Å². The van der Waals surface area contributed by atoms with Gasteiger partial charge in [0.2, 0.25) is 0 Å². The largest absolute Gasteiger partial charge is 0.342 e. The Morgan fingerprint density at radius 1 is 1.50 bits per heavy atom. The Balaban J connectivity index is 2.30. The molecule has 0 saturated carbocycles. The molecule has 0 amide bonds. The van der Waals surface area contributed by atoms with Gasteiger partial charge in [0.1, 0.15) is 5.65 Å². The lowest BCUT2D eigenvalue weighted by molar-refractivity contribution is 0.263. The van der Waals surface area contributed by atoms with Gasteiger partial charge in [0, 0.05) is 29.9 Å². The summed E-state index contributed by atoms with van der Waals surface area (Å²) in [5.41, 5.74) is 2.01. The molecular formula is C12H16ClN3. The lowest BCUT2D eigenvalue weighted by Crippen LogP contribution is -2.25. The maximum absolute atomic E-state index is 6.10. The summed E-state index contributed by atoms with van der Waals surface area (Å²) >= 11 is 6.10. The lowest BCUT2D eigenvalue weighted by Gasteiger charge is -2.19. The second kappa shape index (κ2) is 4.44. The molecule has 2 rings (SSSR count). The first kappa shape index (κ1) is 11.4. The maximum Gasteiger partial charge on any atom is 0.138 e. The van der Waals surface area contributed by atoms with E-state index in [0.717, 1.165) is 28.3 Å².